The summed E-state index contributed by atoms with van der Waals surface area (Å²) in [6.45, 7) is 1.91. The molecule has 0 bridgehead atoms. The molecular weight excluding hydrogens is 468 g/mol. The molecule has 3 heterocycles. The van der Waals surface area contributed by atoms with E-state index >= 15 is 0 Å². The molecule has 3 aromatic heterocycles. The lowest BCUT2D eigenvalue weighted by Crippen LogP contribution is -2.12. The second-order valence-corrected chi connectivity index (χ2v) is 9.28. The molecule has 0 aliphatic carbocycles. The van der Waals surface area contributed by atoms with Crippen molar-refractivity contribution in [2.75, 3.05) is 10.6 Å². The maximum absolute atomic E-state index is 12.8. The fraction of sp³-hybridized carbons (Fsp3) is 0.0417. The summed E-state index contributed by atoms with van der Waals surface area (Å²) in [5, 5.41) is 18.9. The largest absolute Gasteiger partial charge is 0.508 e. The summed E-state index contributed by atoms with van der Waals surface area (Å²) in [4.78, 5) is 31.9. The first kappa shape index (κ1) is 21.8. The first-order chi connectivity index (χ1) is 16.5. The van der Waals surface area contributed by atoms with Gasteiger partial charge in [-0.3, -0.25) is 10.1 Å². The quantitative estimate of drug-likeness (QED) is 0.282. The number of fused-ring (bicyclic) bond motifs is 1. The van der Waals surface area contributed by atoms with Gasteiger partial charge in [0, 0.05) is 32.6 Å². The molecule has 0 fully saturated rings. The van der Waals surface area contributed by atoms with Gasteiger partial charge in [0.15, 0.2) is 10.8 Å². The highest BCUT2D eigenvalue weighted by atomic mass is 32.2. The zero-order chi connectivity index (χ0) is 23.5. The summed E-state index contributed by atoms with van der Waals surface area (Å²) in [5.74, 6) is 0.527. The summed E-state index contributed by atoms with van der Waals surface area (Å²) in [5.41, 5.74) is 2.62. The van der Waals surface area contributed by atoms with Crippen molar-refractivity contribution in [3.8, 4) is 5.75 Å². The molecule has 34 heavy (non-hydrogen) atoms. The average Bonchev–Trinajstić information content (AvgIpc) is 3.34. The van der Waals surface area contributed by atoms with Crippen LogP contribution in [0.1, 0.15) is 16.1 Å². The number of carbonyl (C=O) groups excluding carboxylic acids is 1. The number of rotatable bonds is 6. The molecule has 0 radical (unpaired) electrons. The maximum atomic E-state index is 12.8. The van der Waals surface area contributed by atoms with Crippen molar-refractivity contribution in [2.45, 2.75) is 16.7 Å². The second-order valence-electron chi connectivity index (χ2n) is 7.27. The van der Waals surface area contributed by atoms with Crippen molar-refractivity contribution in [2.24, 2.45) is 0 Å². The Balaban J connectivity index is 1.53. The first-order valence-electron chi connectivity index (χ1n) is 10.2. The highest BCUT2D eigenvalue weighted by Gasteiger charge is 2.14. The third kappa shape index (κ3) is 4.82. The second kappa shape index (κ2) is 9.46. The van der Waals surface area contributed by atoms with E-state index in [0.29, 0.717) is 27.8 Å². The number of anilines is 3. The zero-order valence-electron chi connectivity index (χ0n) is 17.9. The van der Waals surface area contributed by atoms with Crippen LogP contribution in [0, 0.1) is 6.92 Å². The van der Waals surface area contributed by atoms with Crippen molar-refractivity contribution >= 4 is 56.7 Å². The lowest BCUT2D eigenvalue weighted by molar-refractivity contribution is 0.102. The topological polar surface area (TPSA) is 113 Å². The Morgan fingerprint density at radius 3 is 2.68 bits per heavy atom. The average molecular weight is 487 g/mol. The molecule has 0 saturated carbocycles. The van der Waals surface area contributed by atoms with E-state index in [-0.39, 0.29) is 11.7 Å². The van der Waals surface area contributed by atoms with Crippen LogP contribution in [0.15, 0.2) is 82.3 Å². The molecule has 5 rings (SSSR count). The third-order valence-corrected chi connectivity index (χ3v) is 6.62. The number of phenols is 1. The number of carbonyl (C=O) groups is 1. The molecule has 2 aromatic carbocycles. The van der Waals surface area contributed by atoms with Gasteiger partial charge < -0.3 is 10.4 Å². The SMILES string of the molecule is Cc1ccc2c(Nc3cc(C(=O)Nc4nccs4)ccc3Sc3ccc(O)cc3)ncnc2n1. The van der Waals surface area contributed by atoms with Crippen LogP contribution in [-0.4, -0.2) is 30.9 Å². The van der Waals surface area contributed by atoms with Gasteiger partial charge in [0.05, 0.1) is 11.1 Å². The number of nitrogens with one attached hydrogen (secondary N) is 2. The monoisotopic (exact) mass is 486 g/mol. The van der Waals surface area contributed by atoms with Gasteiger partial charge in [-0.05, 0) is 61.5 Å². The van der Waals surface area contributed by atoms with E-state index in [4.69, 9.17) is 0 Å². The summed E-state index contributed by atoms with van der Waals surface area (Å²) in [6.07, 6.45) is 3.10. The van der Waals surface area contributed by atoms with Crippen LogP contribution in [0.5, 0.6) is 5.75 Å². The molecular formula is C24H18N6O2S2. The number of hydrogen-bond acceptors (Lipinski definition) is 9. The molecule has 3 N–H and O–H groups in total. The van der Waals surface area contributed by atoms with Crippen molar-refractivity contribution in [3.63, 3.8) is 0 Å². The van der Waals surface area contributed by atoms with Gasteiger partial charge >= 0.3 is 0 Å². The van der Waals surface area contributed by atoms with Gasteiger partial charge in [-0.15, -0.1) is 11.3 Å². The predicted molar refractivity (Wildman–Crippen MR) is 134 cm³/mol. The van der Waals surface area contributed by atoms with Gasteiger partial charge in [-0.25, -0.2) is 19.9 Å². The van der Waals surface area contributed by atoms with Crippen molar-refractivity contribution < 1.29 is 9.90 Å². The van der Waals surface area contributed by atoms with Crippen LogP contribution in [0.25, 0.3) is 11.0 Å². The number of aryl methyl sites for hydroxylation is 1. The number of aromatic hydroxyl groups is 1. The van der Waals surface area contributed by atoms with E-state index in [1.807, 2.05) is 37.3 Å². The molecule has 0 atom stereocenters. The zero-order valence-corrected chi connectivity index (χ0v) is 19.5. The molecule has 0 aliphatic rings. The molecule has 0 unspecified atom stereocenters. The lowest BCUT2D eigenvalue weighted by atomic mass is 10.2. The minimum Gasteiger partial charge on any atom is -0.508 e. The number of amides is 1. The van der Waals surface area contributed by atoms with Gasteiger partial charge in [0.2, 0.25) is 0 Å². The van der Waals surface area contributed by atoms with E-state index in [1.54, 1.807) is 35.8 Å². The molecule has 10 heteroatoms. The number of thiazole rings is 1. The van der Waals surface area contributed by atoms with Gasteiger partial charge in [-0.1, -0.05) is 11.8 Å². The van der Waals surface area contributed by atoms with Crippen molar-refractivity contribution in [1.82, 2.24) is 19.9 Å². The third-order valence-electron chi connectivity index (χ3n) is 4.85. The van der Waals surface area contributed by atoms with Crippen LogP contribution in [0.4, 0.5) is 16.6 Å². The highest BCUT2D eigenvalue weighted by Crippen LogP contribution is 2.37. The molecule has 5 aromatic rings. The molecule has 8 nitrogen and oxygen atoms in total. The Morgan fingerprint density at radius 2 is 1.88 bits per heavy atom. The van der Waals surface area contributed by atoms with Gasteiger partial charge in [0.25, 0.3) is 5.91 Å². The van der Waals surface area contributed by atoms with E-state index in [2.05, 4.69) is 30.6 Å². The van der Waals surface area contributed by atoms with Crippen LogP contribution >= 0.6 is 23.1 Å². The highest BCUT2D eigenvalue weighted by molar-refractivity contribution is 7.99. The first-order valence-corrected chi connectivity index (χ1v) is 11.9. The fourth-order valence-corrected chi connectivity index (χ4v) is 4.62. The standard InChI is InChI=1S/C24H18N6O2S2/c1-14-2-8-18-21(28-14)26-13-27-22(18)29-19-12-15(23(32)30-24-25-10-11-33-24)3-9-20(19)34-17-6-4-16(31)5-7-17/h2-13,31H,1H3,(H,25,30,32)(H,26,27,28,29). The molecule has 0 aliphatic heterocycles. The van der Waals surface area contributed by atoms with Crippen LogP contribution in [-0.2, 0) is 0 Å². The van der Waals surface area contributed by atoms with Crippen LogP contribution < -0.4 is 10.6 Å². The molecule has 1 amide bonds. The number of nitrogens with zero attached hydrogens (tertiary/aromatic N) is 4. The Labute approximate surface area is 203 Å². The number of benzene rings is 2. The number of phenolic OH excluding ortho intramolecular Hbond substituents is 1. The van der Waals surface area contributed by atoms with E-state index < -0.39 is 0 Å². The Bertz CT molecular complexity index is 1470. The summed E-state index contributed by atoms with van der Waals surface area (Å²) in [7, 11) is 0. The maximum Gasteiger partial charge on any atom is 0.257 e. The summed E-state index contributed by atoms with van der Waals surface area (Å²) < 4.78 is 0. The summed E-state index contributed by atoms with van der Waals surface area (Å²) >= 11 is 2.86. The van der Waals surface area contributed by atoms with Crippen LogP contribution in [0.2, 0.25) is 0 Å². The Hall–Kier alpha value is -4.02. The van der Waals surface area contributed by atoms with Gasteiger partial charge in [-0.2, -0.15) is 0 Å². The minimum atomic E-state index is -0.260. The predicted octanol–water partition coefficient (Wildman–Crippen LogP) is 5.64. The molecule has 0 spiro atoms. The molecule has 168 valence electrons. The smallest absolute Gasteiger partial charge is 0.257 e. The molecule has 0 saturated heterocycles. The Morgan fingerprint density at radius 1 is 1.03 bits per heavy atom. The Kier molecular flexibility index (Phi) is 6.07. The van der Waals surface area contributed by atoms with Crippen molar-refractivity contribution in [3.05, 3.63) is 83.8 Å². The summed E-state index contributed by atoms with van der Waals surface area (Å²) in [6, 6.07) is 16.2. The lowest BCUT2D eigenvalue weighted by Gasteiger charge is -2.14. The van der Waals surface area contributed by atoms with E-state index in [0.717, 1.165) is 20.9 Å². The number of aromatic nitrogens is 4. The number of pyridine rings is 1. The van der Waals surface area contributed by atoms with Crippen molar-refractivity contribution in [1.29, 1.82) is 0 Å². The number of hydrogen-bond donors (Lipinski definition) is 3. The normalized spacial score (nSPS) is 10.9. The fourth-order valence-electron chi connectivity index (χ4n) is 3.22. The van der Waals surface area contributed by atoms with Gasteiger partial charge in [0.1, 0.15) is 17.9 Å². The minimum absolute atomic E-state index is 0.201. The van der Waals surface area contributed by atoms with E-state index in [9.17, 15) is 9.90 Å². The van der Waals surface area contributed by atoms with Crippen LogP contribution in [0.3, 0.4) is 0 Å². The van der Waals surface area contributed by atoms with E-state index in [1.165, 1.54) is 29.4 Å².